The quantitative estimate of drug-likeness (QED) is 0.907. The Morgan fingerprint density at radius 2 is 1.76 bits per heavy atom. The maximum atomic E-state index is 12.4. The number of halogens is 1. The van der Waals surface area contributed by atoms with Crippen LogP contribution in [0.2, 0.25) is 5.02 Å². The van der Waals surface area contributed by atoms with E-state index in [1.165, 1.54) is 0 Å². The Bertz CT molecular complexity index is 773. The average Bonchev–Trinajstić information content (AvgIpc) is 2.64. The van der Waals surface area contributed by atoms with Crippen molar-refractivity contribution < 1.29 is 9.59 Å². The molecule has 0 spiro atoms. The molecule has 1 aliphatic rings. The zero-order valence-electron chi connectivity index (χ0n) is 13.8. The highest BCUT2D eigenvalue weighted by atomic mass is 35.5. The summed E-state index contributed by atoms with van der Waals surface area (Å²) >= 11 is 5.84. The number of nitrogens with zero attached hydrogens (tertiary/aromatic N) is 4. The van der Waals surface area contributed by atoms with Crippen LogP contribution < -0.4 is 10.2 Å². The van der Waals surface area contributed by atoms with E-state index in [1.54, 1.807) is 48.4 Å². The Balaban J connectivity index is 1.68. The first kappa shape index (κ1) is 17.2. The third-order valence-corrected chi connectivity index (χ3v) is 4.24. The number of anilines is 2. The topological polar surface area (TPSA) is 78.4 Å². The van der Waals surface area contributed by atoms with E-state index in [2.05, 4.69) is 15.3 Å². The Kier molecular flexibility index (Phi) is 5.14. The minimum atomic E-state index is -0.312. The van der Waals surface area contributed by atoms with Gasteiger partial charge in [0.15, 0.2) is 0 Å². The molecule has 130 valence electrons. The Hall–Kier alpha value is -2.67. The van der Waals surface area contributed by atoms with Crippen LogP contribution in [0, 0.1) is 0 Å². The average molecular weight is 360 g/mol. The zero-order valence-corrected chi connectivity index (χ0v) is 14.5. The summed E-state index contributed by atoms with van der Waals surface area (Å²) in [6, 6.07) is 8.43. The number of rotatable bonds is 3. The lowest BCUT2D eigenvalue weighted by Gasteiger charge is -2.34. The fourth-order valence-electron chi connectivity index (χ4n) is 2.58. The van der Waals surface area contributed by atoms with E-state index in [0.29, 0.717) is 42.8 Å². The SMILES string of the molecule is CC(=O)N1CCN(c2nccc(C(=O)Nc3ccc(Cl)cc3)n2)CC1. The van der Waals surface area contributed by atoms with Gasteiger partial charge in [-0.3, -0.25) is 9.59 Å². The molecule has 1 N–H and O–H groups in total. The van der Waals surface area contributed by atoms with E-state index < -0.39 is 0 Å². The van der Waals surface area contributed by atoms with Gasteiger partial charge in [0.2, 0.25) is 11.9 Å². The summed E-state index contributed by atoms with van der Waals surface area (Å²) in [7, 11) is 0. The molecule has 0 radical (unpaired) electrons. The van der Waals surface area contributed by atoms with Gasteiger partial charge in [-0.05, 0) is 30.3 Å². The summed E-state index contributed by atoms with van der Waals surface area (Å²) in [6.07, 6.45) is 1.57. The minimum absolute atomic E-state index is 0.0664. The molecule has 25 heavy (non-hydrogen) atoms. The van der Waals surface area contributed by atoms with Gasteiger partial charge < -0.3 is 15.1 Å². The van der Waals surface area contributed by atoms with E-state index >= 15 is 0 Å². The highest BCUT2D eigenvalue weighted by Crippen LogP contribution is 2.15. The predicted molar refractivity (Wildman–Crippen MR) is 95.9 cm³/mol. The number of benzene rings is 1. The van der Waals surface area contributed by atoms with Crippen LogP contribution in [-0.4, -0.2) is 52.9 Å². The van der Waals surface area contributed by atoms with Gasteiger partial charge in [-0.1, -0.05) is 11.6 Å². The van der Waals surface area contributed by atoms with Gasteiger partial charge in [-0.25, -0.2) is 9.97 Å². The number of carbonyl (C=O) groups excluding carboxylic acids is 2. The van der Waals surface area contributed by atoms with Crippen LogP contribution >= 0.6 is 11.6 Å². The summed E-state index contributed by atoms with van der Waals surface area (Å²) < 4.78 is 0. The number of hydrogen-bond donors (Lipinski definition) is 1. The monoisotopic (exact) mass is 359 g/mol. The second kappa shape index (κ2) is 7.48. The molecule has 2 amide bonds. The van der Waals surface area contributed by atoms with Crippen LogP contribution in [0.1, 0.15) is 17.4 Å². The van der Waals surface area contributed by atoms with Crippen LogP contribution in [-0.2, 0) is 4.79 Å². The largest absolute Gasteiger partial charge is 0.339 e. The molecule has 1 aromatic carbocycles. The number of hydrogen-bond acceptors (Lipinski definition) is 5. The Morgan fingerprint density at radius 3 is 2.40 bits per heavy atom. The van der Waals surface area contributed by atoms with Crippen molar-refractivity contribution in [3.63, 3.8) is 0 Å². The van der Waals surface area contributed by atoms with Gasteiger partial charge in [0.05, 0.1) is 0 Å². The molecule has 8 heteroatoms. The van der Waals surface area contributed by atoms with Crippen LogP contribution in [0.3, 0.4) is 0 Å². The van der Waals surface area contributed by atoms with E-state index in [0.717, 1.165) is 0 Å². The summed E-state index contributed by atoms with van der Waals surface area (Å²) in [6.45, 7) is 4.09. The van der Waals surface area contributed by atoms with Gasteiger partial charge in [0.1, 0.15) is 5.69 Å². The predicted octanol–water partition coefficient (Wildman–Crippen LogP) is 2.05. The summed E-state index contributed by atoms with van der Waals surface area (Å²) in [5, 5.41) is 3.38. The highest BCUT2D eigenvalue weighted by Gasteiger charge is 2.21. The van der Waals surface area contributed by atoms with Crippen LogP contribution in [0.25, 0.3) is 0 Å². The van der Waals surface area contributed by atoms with E-state index in [1.807, 2.05) is 4.90 Å². The lowest BCUT2D eigenvalue weighted by atomic mass is 10.3. The van der Waals surface area contributed by atoms with Crippen molar-refractivity contribution in [2.45, 2.75) is 6.92 Å². The molecule has 1 fully saturated rings. The molecule has 0 unspecified atom stereocenters. The molecule has 0 aliphatic carbocycles. The van der Waals surface area contributed by atoms with Gasteiger partial charge in [0, 0.05) is 50.0 Å². The summed E-state index contributed by atoms with van der Waals surface area (Å²) in [5.41, 5.74) is 0.929. The molecule has 1 saturated heterocycles. The Morgan fingerprint density at radius 1 is 1.08 bits per heavy atom. The molecule has 0 saturated carbocycles. The van der Waals surface area contributed by atoms with Crippen LogP contribution in [0.15, 0.2) is 36.5 Å². The first-order chi connectivity index (χ1) is 12.0. The summed E-state index contributed by atoms with van der Waals surface area (Å²) in [5.74, 6) is 0.247. The molecule has 7 nitrogen and oxygen atoms in total. The van der Waals surface area contributed by atoms with Crippen molar-refractivity contribution in [3.8, 4) is 0 Å². The molecule has 2 heterocycles. The molecular weight excluding hydrogens is 342 g/mol. The van der Waals surface area contributed by atoms with Gasteiger partial charge >= 0.3 is 0 Å². The Labute approximate surface area is 150 Å². The fourth-order valence-corrected chi connectivity index (χ4v) is 2.70. The number of amides is 2. The lowest BCUT2D eigenvalue weighted by Crippen LogP contribution is -2.48. The molecule has 1 aromatic heterocycles. The normalized spacial score (nSPS) is 14.3. The van der Waals surface area contributed by atoms with Gasteiger partial charge in [0.25, 0.3) is 5.91 Å². The second-order valence-corrected chi connectivity index (χ2v) is 6.13. The van der Waals surface area contributed by atoms with Gasteiger partial charge in [-0.15, -0.1) is 0 Å². The van der Waals surface area contributed by atoms with Crippen molar-refractivity contribution >= 4 is 35.1 Å². The van der Waals surface area contributed by atoms with Crippen LogP contribution in [0.5, 0.6) is 0 Å². The molecule has 1 aliphatic heterocycles. The third-order valence-electron chi connectivity index (χ3n) is 3.99. The number of aromatic nitrogens is 2. The van der Waals surface area contributed by atoms with E-state index in [4.69, 9.17) is 11.6 Å². The van der Waals surface area contributed by atoms with Crippen LogP contribution in [0.4, 0.5) is 11.6 Å². The standard InChI is InChI=1S/C17H18ClN5O2/c1-12(24)22-8-10-23(11-9-22)17-19-7-6-15(21-17)16(25)20-14-4-2-13(18)3-5-14/h2-7H,8-11H2,1H3,(H,20,25). The fraction of sp³-hybridized carbons (Fsp3) is 0.294. The van der Waals surface area contributed by atoms with Crippen molar-refractivity contribution in [1.29, 1.82) is 0 Å². The van der Waals surface area contributed by atoms with Crippen molar-refractivity contribution in [2.24, 2.45) is 0 Å². The number of nitrogens with one attached hydrogen (secondary N) is 1. The molecule has 3 rings (SSSR count). The first-order valence-corrected chi connectivity index (χ1v) is 8.31. The number of carbonyl (C=O) groups is 2. The number of piperazine rings is 1. The molecule has 2 aromatic rings. The summed E-state index contributed by atoms with van der Waals surface area (Å²) in [4.78, 5) is 36.1. The first-order valence-electron chi connectivity index (χ1n) is 7.93. The molecule has 0 bridgehead atoms. The van der Waals surface area contributed by atoms with Gasteiger partial charge in [-0.2, -0.15) is 0 Å². The van der Waals surface area contributed by atoms with E-state index in [9.17, 15) is 9.59 Å². The third kappa shape index (κ3) is 4.24. The molecular formula is C17H18ClN5O2. The molecule has 0 atom stereocenters. The second-order valence-electron chi connectivity index (χ2n) is 5.70. The zero-order chi connectivity index (χ0) is 17.8. The smallest absolute Gasteiger partial charge is 0.274 e. The van der Waals surface area contributed by atoms with Crippen molar-refractivity contribution in [3.05, 3.63) is 47.2 Å². The maximum Gasteiger partial charge on any atom is 0.274 e. The highest BCUT2D eigenvalue weighted by molar-refractivity contribution is 6.30. The maximum absolute atomic E-state index is 12.4. The lowest BCUT2D eigenvalue weighted by molar-refractivity contribution is -0.129. The van der Waals surface area contributed by atoms with Crippen molar-refractivity contribution in [2.75, 3.05) is 36.4 Å². The van der Waals surface area contributed by atoms with E-state index in [-0.39, 0.29) is 17.5 Å². The van der Waals surface area contributed by atoms with Crippen molar-refractivity contribution in [1.82, 2.24) is 14.9 Å². The minimum Gasteiger partial charge on any atom is -0.339 e.